The van der Waals surface area contributed by atoms with Gasteiger partial charge >= 0.3 is 11.9 Å². The van der Waals surface area contributed by atoms with E-state index in [0.29, 0.717) is 11.3 Å². The predicted octanol–water partition coefficient (Wildman–Crippen LogP) is 1.41. The Kier molecular flexibility index (Phi) is 5.33. The number of aromatic nitrogens is 1. The van der Waals surface area contributed by atoms with Crippen molar-refractivity contribution >= 4 is 33.8 Å². The van der Waals surface area contributed by atoms with Gasteiger partial charge in [-0.05, 0) is 30.7 Å². The first-order valence-electron chi connectivity index (χ1n) is 9.78. The minimum Gasteiger partial charge on any atom is -0.480 e. The van der Waals surface area contributed by atoms with Crippen molar-refractivity contribution in [2.75, 3.05) is 0 Å². The molecule has 10 heteroatoms. The number of fused-ring (bicyclic) bond motifs is 1. The van der Waals surface area contributed by atoms with E-state index in [0.717, 1.165) is 4.90 Å². The van der Waals surface area contributed by atoms with Gasteiger partial charge in [0.25, 0.3) is 5.91 Å². The molecule has 1 aromatic heterocycles. The van der Waals surface area contributed by atoms with Crippen LogP contribution in [0.25, 0.3) is 6.08 Å². The average Bonchev–Trinajstić information content (AvgIpc) is 2.92. The number of ether oxygens (including phenoxy) is 1. The minimum absolute atomic E-state index is 0.0728. The highest BCUT2D eigenvalue weighted by Crippen LogP contribution is 2.50. The summed E-state index contributed by atoms with van der Waals surface area (Å²) in [5, 5.41) is 8.32. The summed E-state index contributed by atoms with van der Waals surface area (Å²) in [4.78, 5) is 42.1. The van der Waals surface area contributed by atoms with Crippen LogP contribution in [-0.4, -0.2) is 57.4 Å². The van der Waals surface area contributed by atoms with Crippen molar-refractivity contribution < 1.29 is 32.6 Å². The Balaban J connectivity index is 1.63. The predicted molar refractivity (Wildman–Crippen MR) is 112 cm³/mol. The molecule has 0 spiro atoms. The standard InChI is InChI=1S/C22H20N2O7S/c1-22(12-17(25)31-13-14-7-3-2-4-8-14)18(21(27)28)24-19(26)16(20(24)32(22,29)30)11-15-9-5-6-10-23-15/h2-11,18,20H,12-13H2,1H3,(H,27,28)/b16-11-/t18-,20+,22-/m0/s1. The molecular formula is C22H20N2O7S. The molecule has 166 valence electrons. The van der Waals surface area contributed by atoms with Crippen molar-refractivity contribution in [3.63, 3.8) is 0 Å². The average molecular weight is 456 g/mol. The first kappa shape index (κ1) is 21.7. The zero-order valence-electron chi connectivity index (χ0n) is 17.0. The summed E-state index contributed by atoms with van der Waals surface area (Å²) in [6, 6.07) is 12.0. The van der Waals surface area contributed by atoms with E-state index in [9.17, 15) is 27.9 Å². The van der Waals surface area contributed by atoms with E-state index in [1.165, 1.54) is 19.2 Å². The molecule has 0 saturated carbocycles. The smallest absolute Gasteiger partial charge is 0.328 e. The van der Waals surface area contributed by atoms with Crippen molar-refractivity contribution in [3.05, 3.63) is 71.6 Å². The summed E-state index contributed by atoms with van der Waals surface area (Å²) >= 11 is 0. The number of carbonyl (C=O) groups is 3. The molecule has 4 rings (SSSR count). The van der Waals surface area contributed by atoms with Gasteiger partial charge in [-0.1, -0.05) is 36.4 Å². The van der Waals surface area contributed by atoms with Crippen LogP contribution in [0, 0.1) is 0 Å². The SMILES string of the molecule is C[C@]1(CC(=O)OCc2ccccc2)[C@H](C(=O)O)N2C(=O)/C(=C/c3ccccn3)[C@H]2S1(=O)=O. The molecule has 1 aromatic carbocycles. The van der Waals surface area contributed by atoms with Crippen LogP contribution < -0.4 is 0 Å². The summed E-state index contributed by atoms with van der Waals surface area (Å²) < 4.78 is 30.0. The van der Waals surface area contributed by atoms with Crippen molar-refractivity contribution in [1.29, 1.82) is 0 Å². The molecule has 32 heavy (non-hydrogen) atoms. The molecular weight excluding hydrogens is 436 g/mol. The van der Waals surface area contributed by atoms with Gasteiger partial charge < -0.3 is 14.7 Å². The number of esters is 1. The van der Waals surface area contributed by atoms with E-state index >= 15 is 0 Å². The van der Waals surface area contributed by atoms with Gasteiger partial charge in [-0.3, -0.25) is 14.6 Å². The first-order chi connectivity index (χ1) is 15.2. The van der Waals surface area contributed by atoms with Gasteiger partial charge in [0.15, 0.2) is 21.3 Å². The largest absolute Gasteiger partial charge is 0.480 e. The van der Waals surface area contributed by atoms with Crippen LogP contribution in [-0.2, 0) is 35.6 Å². The number of sulfone groups is 1. The van der Waals surface area contributed by atoms with Gasteiger partial charge in [0, 0.05) is 6.20 Å². The number of amides is 1. The Labute approximate surface area is 184 Å². The third-order valence-corrected chi connectivity index (χ3v) is 8.50. The van der Waals surface area contributed by atoms with E-state index in [4.69, 9.17) is 4.74 Å². The van der Waals surface area contributed by atoms with E-state index in [1.807, 2.05) is 0 Å². The number of β-lactam (4-membered cyclic amide) rings is 1. The van der Waals surface area contributed by atoms with Gasteiger partial charge in [0.2, 0.25) is 0 Å². The molecule has 9 nitrogen and oxygen atoms in total. The van der Waals surface area contributed by atoms with Crippen LogP contribution in [0.15, 0.2) is 60.3 Å². The van der Waals surface area contributed by atoms with Crippen LogP contribution in [0.4, 0.5) is 0 Å². The molecule has 0 bridgehead atoms. The lowest BCUT2D eigenvalue weighted by Gasteiger charge is -2.37. The molecule has 2 fully saturated rings. The number of pyridine rings is 1. The Morgan fingerprint density at radius 1 is 1.19 bits per heavy atom. The zero-order valence-corrected chi connectivity index (χ0v) is 17.9. The molecule has 0 unspecified atom stereocenters. The van der Waals surface area contributed by atoms with Crippen molar-refractivity contribution in [2.45, 2.75) is 36.1 Å². The molecule has 3 atom stereocenters. The monoisotopic (exact) mass is 456 g/mol. The fourth-order valence-electron chi connectivity index (χ4n) is 4.13. The number of carboxylic acids is 1. The molecule has 1 N–H and O–H groups in total. The second-order valence-corrected chi connectivity index (χ2v) is 10.3. The molecule has 3 heterocycles. The summed E-state index contributed by atoms with van der Waals surface area (Å²) in [5.41, 5.74) is 0.999. The zero-order chi connectivity index (χ0) is 23.1. The number of carbonyl (C=O) groups excluding carboxylic acids is 2. The van der Waals surface area contributed by atoms with Crippen molar-refractivity contribution in [1.82, 2.24) is 9.88 Å². The summed E-state index contributed by atoms with van der Waals surface area (Å²) in [5.74, 6) is -3.07. The fraction of sp³-hybridized carbons (Fsp3) is 0.273. The van der Waals surface area contributed by atoms with Crippen LogP contribution in [0.5, 0.6) is 0 Å². The topological polar surface area (TPSA) is 131 Å². The van der Waals surface area contributed by atoms with Gasteiger partial charge in [0.1, 0.15) is 11.4 Å². The van der Waals surface area contributed by atoms with E-state index in [1.54, 1.807) is 48.5 Å². The quantitative estimate of drug-likeness (QED) is 0.392. The van der Waals surface area contributed by atoms with Crippen LogP contribution in [0.1, 0.15) is 24.6 Å². The molecule has 0 radical (unpaired) electrons. The maximum Gasteiger partial charge on any atom is 0.328 e. The molecule has 2 aliphatic rings. The van der Waals surface area contributed by atoms with Crippen molar-refractivity contribution in [3.8, 4) is 0 Å². The van der Waals surface area contributed by atoms with E-state index < -0.39 is 50.3 Å². The first-order valence-corrected chi connectivity index (χ1v) is 11.3. The Hall–Kier alpha value is -3.53. The highest BCUT2D eigenvalue weighted by Gasteiger charge is 2.72. The Bertz CT molecular complexity index is 1210. The van der Waals surface area contributed by atoms with Crippen LogP contribution >= 0.6 is 0 Å². The van der Waals surface area contributed by atoms with Gasteiger partial charge in [0.05, 0.1) is 17.7 Å². The van der Waals surface area contributed by atoms with E-state index in [-0.39, 0.29) is 12.2 Å². The lowest BCUT2D eigenvalue weighted by Crippen LogP contribution is -2.59. The van der Waals surface area contributed by atoms with Crippen LogP contribution in [0.3, 0.4) is 0 Å². The number of rotatable bonds is 6. The molecule has 0 aliphatic carbocycles. The maximum atomic E-state index is 13.4. The summed E-state index contributed by atoms with van der Waals surface area (Å²) in [6.07, 6.45) is 2.12. The number of carboxylic acid groups (broad SMARTS) is 1. The number of nitrogens with zero attached hydrogens (tertiary/aromatic N) is 2. The normalized spacial score (nSPS) is 27.0. The van der Waals surface area contributed by atoms with E-state index in [2.05, 4.69) is 4.98 Å². The number of benzene rings is 1. The van der Waals surface area contributed by atoms with Gasteiger partial charge in [-0.2, -0.15) is 0 Å². The summed E-state index contributed by atoms with van der Waals surface area (Å²) in [7, 11) is -4.27. The third-order valence-electron chi connectivity index (χ3n) is 5.76. The Morgan fingerprint density at radius 3 is 2.50 bits per heavy atom. The Morgan fingerprint density at radius 2 is 1.88 bits per heavy atom. The molecule has 1 amide bonds. The second kappa shape index (κ2) is 7.86. The van der Waals surface area contributed by atoms with Crippen molar-refractivity contribution in [2.24, 2.45) is 0 Å². The highest BCUT2D eigenvalue weighted by molar-refractivity contribution is 7.94. The second-order valence-electron chi connectivity index (χ2n) is 7.84. The number of hydrogen-bond acceptors (Lipinski definition) is 7. The third kappa shape index (κ3) is 3.36. The number of aliphatic carboxylic acids is 1. The fourth-order valence-corrected chi connectivity index (χ4v) is 6.50. The molecule has 2 saturated heterocycles. The summed E-state index contributed by atoms with van der Waals surface area (Å²) in [6.45, 7) is 1.10. The van der Waals surface area contributed by atoms with Gasteiger partial charge in [-0.25, -0.2) is 13.2 Å². The molecule has 2 aromatic rings. The lowest BCUT2D eigenvalue weighted by molar-refractivity contribution is -0.154. The highest BCUT2D eigenvalue weighted by atomic mass is 32.2. The van der Waals surface area contributed by atoms with Crippen LogP contribution in [0.2, 0.25) is 0 Å². The number of hydrogen-bond donors (Lipinski definition) is 1. The maximum absolute atomic E-state index is 13.4. The molecule has 2 aliphatic heterocycles. The lowest BCUT2D eigenvalue weighted by atomic mass is 9.91. The minimum atomic E-state index is -4.27. The van der Waals surface area contributed by atoms with Gasteiger partial charge in [-0.15, -0.1) is 0 Å².